The lowest BCUT2D eigenvalue weighted by atomic mass is 9.78. The van der Waals surface area contributed by atoms with Gasteiger partial charge in [0.05, 0.1) is 25.0 Å². The maximum absolute atomic E-state index is 15.4. The third-order valence-corrected chi connectivity index (χ3v) is 23.4. The van der Waals surface area contributed by atoms with Crippen LogP contribution in [-0.2, 0) is 57.5 Å². The van der Waals surface area contributed by atoms with Crippen LogP contribution in [0.1, 0.15) is 189 Å². The quantitative estimate of drug-likeness (QED) is 0.221. The molecule has 558 valence electrons. The average Bonchev–Trinajstić information content (AvgIpc) is 1.59. The van der Waals surface area contributed by atoms with Crippen LogP contribution in [0.5, 0.6) is 0 Å². The molecule has 3 unspecified atom stereocenters. The number of carbonyl (C=O) groups is 12. The van der Waals surface area contributed by atoms with Gasteiger partial charge in [0.2, 0.25) is 70.9 Å². The maximum Gasteiger partial charge on any atom is 0.393 e. The van der Waals surface area contributed by atoms with Crippen LogP contribution in [0, 0.1) is 29.6 Å². The van der Waals surface area contributed by atoms with Crippen LogP contribution in [-0.4, -0.2) is 273 Å². The van der Waals surface area contributed by atoms with Gasteiger partial charge in [0.1, 0.15) is 59.9 Å². The summed E-state index contributed by atoms with van der Waals surface area (Å²) in [7, 11) is 8.32. The number of fused-ring (bicyclic) bond motifs is 2. The maximum atomic E-state index is 15.4. The summed E-state index contributed by atoms with van der Waals surface area (Å²) in [5.41, 5.74) is -1.59. The fourth-order valence-corrected chi connectivity index (χ4v) is 16.8. The molecule has 14 atom stereocenters. The first kappa shape index (κ1) is 80.0. The normalized spacial score (nSPS) is 31.5. The Hall–Kier alpha value is -6.32. The highest BCUT2D eigenvalue weighted by molar-refractivity contribution is 6.21. The predicted molar refractivity (Wildman–Crippen MR) is 362 cm³/mol. The summed E-state index contributed by atoms with van der Waals surface area (Å²) in [6.45, 7) is 9.95. The van der Waals surface area contributed by atoms with Gasteiger partial charge in [-0.2, -0.15) is 13.2 Å². The van der Waals surface area contributed by atoms with Crippen molar-refractivity contribution in [1.29, 1.82) is 0 Å². The van der Waals surface area contributed by atoms with Crippen LogP contribution < -0.4 is 16.0 Å². The van der Waals surface area contributed by atoms with E-state index in [1.807, 2.05) is 0 Å². The summed E-state index contributed by atoms with van der Waals surface area (Å²) in [6, 6.07) is -11.6. The molecular formula is C70H112ClF3N12O13. The second-order valence-electron chi connectivity index (χ2n) is 30.1. The van der Waals surface area contributed by atoms with E-state index in [0.717, 1.165) is 48.3 Å². The Morgan fingerprint density at radius 3 is 1.82 bits per heavy atom. The minimum atomic E-state index is -4.51. The molecule has 29 heteroatoms. The van der Waals surface area contributed by atoms with Gasteiger partial charge in [0.25, 0.3) is 0 Å². The summed E-state index contributed by atoms with van der Waals surface area (Å²) >= 11 is 6.40. The van der Waals surface area contributed by atoms with Crippen molar-refractivity contribution in [2.24, 2.45) is 29.6 Å². The molecule has 1 spiro atoms. The minimum absolute atomic E-state index is 0.00664. The lowest BCUT2D eigenvalue weighted by molar-refractivity contribution is -0.182. The molecule has 7 fully saturated rings. The molecule has 0 aromatic carbocycles. The van der Waals surface area contributed by atoms with Gasteiger partial charge in [-0.15, -0.1) is 11.6 Å². The number of carbonyl (C=O) groups excluding carboxylic acids is 12. The van der Waals surface area contributed by atoms with E-state index in [9.17, 15) is 56.6 Å². The number of nitrogens with one attached hydrogen (secondary N) is 3. The molecule has 7 aliphatic rings. The van der Waals surface area contributed by atoms with Gasteiger partial charge >= 0.3 is 6.18 Å². The molecule has 4 N–H and O–H groups in total. The summed E-state index contributed by atoms with van der Waals surface area (Å²) in [5, 5.41) is 18.8. The molecule has 4 saturated heterocycles. The van der Waals surface area contributed by atoms with Gasteiger partial charge in [-0.3, -0.25) is 57.5 Å². The molecule has 3 aliphatic carbocycles. The Labute approximate surface area is 587 Å². The SMILES string of the molecule is CC[C@H](C)[C@@H]1NC(=O)[C@H]([C@@H](C)O)N(C)C(=O)C[C@@H](C(=O)N2CCCCC2)N(C)C(=O)[C@H](C(C)C)N(C)C(=O)C2(CCCC2)NC(=O)[C@@H]2CCCN2C(=O)[C@H](CCC2CCC(C(F)(F)F)C(Cl)C2)NC(=O)CN(C)C(=O)[C@H](CC2CCCCC2)N(C)C(=O)[C@@H]2CCN2C(=O)[C@H](C)N(C)C1=O. The third kappa shape index (κ3) is 18.7. The zero-order valence-electron chi connectivity index (χ0n) is 60.4. The Morgan fingerprint density at radius 2 is 1.24 bits per heavy atom. The molecule has 4 heterocycles. The summed E-state index contributed by atoms with van der Waals surface area (Å²) < 4.78 is 42.0. The van der Waals surface area contributed by atoms with Crippen molar-refractivity contribution in [3.63, 3.8) is 0 Å². The highest BCUT2D eigenvalue weighted by Crippen LogP contribution is 2.44. The van der Waals surface area contributed by atoms with E-state index in [2.05, 4.69) is 16.0 Å². The smallest absolute Gasteiger partial charge is 0.391 e. The van der Waals surface area contributed by atoms with Crippen molar-refractivity contribution in [1.82, 2.24) is 60.0 Å². The number of hydrogen-bond donors (Lipinski definition) is 4. The monoisotopic (exact) mass is 1420 g/mol. The molecule has 12 amide bonds. The average molecular weight is 1420 g/mol. The van der Waals surface area contributed by atoms with Gasteiger partial charge in [-0.05, 0) is 127 Å². The highest BCUT2D eigenvalue weighted by Gasteiger charge is 2.52. The number of likely N-dealkylation sites (tertiary alicyclic amines) is 1. The summed E-state index contributed by atoms with van der Waals surface area (Å²) in [6.07, 6.45) is 2.37. The van der Waals surface area contributed by atoms with Gasteiger partial charge in [-0.25, -0.2) is 0 Å². The molecule has 25 nitrogen and oxygen atoms in total. The molecule has 0 bridgehead atoms. The molecule has 0 aromatic heterocycles. The molecule has 3 saturated carbocycles. The van der Waals surface area contributed by atoms with Gasteiger partial charge < -0.3 is 65.2 Å². The van der Waals surface area contributed by atoms with Crippen molar-refractivity contribution in [2.75, 3.05) is 75.0 Å². The zero-order chi connectivity index (χ0) is 73.3. The van der Waals surface area contributed by atoms with E-state index in [1.165, 1.54) is 85.5 Å². The van der Waals surface area contributed by atoms with Crippen molar-refractivity contribution < 1.29 is 75.8 Å². The van der Waals surface area contributed by atoms with Crippen molar-refractivity contribution in [3.8, 4) is 0 Å². The van der Waals surface area contributed by atoms with Crippen LogP contribution in [0.4, 0.5) is 13.2 Å². The molecule has 7 rings (SSSR count). The van der Waals surface area contributed by atoms with Crippen molar-refractivity contribution in [2.45, 2.75) is 267 Å². The van der Waals surface area contributed by atoms with Crippen LogP contribution in [0.25, 0.3) is 0 Å². The summed E-state index contributed by atoms with van der Waals surface area (Å²) in [4.78, 5) is 190. The number of hydrogen-bond acceptors (Lipinski definition) is 13. The van der Waals surface area contributed by atoms with Crippen molar-refractivity contribution in [3.05, 3.63) is 0 Å². The zero-order valence-corrected chi connectivity index (χ0v) is 61.2. The number of nitrogens with zero attached hydrogens (tertiary/aromatic N) is 9. The number of aliphatic hydroxyl groups excluding tert-OH is 1. The lowest BCUT2D eigenvalue weighted by Gasteiger charge is -2.45. The first-order valence-corrected chi connectivity index (χ1v) is 36.8. The number of alkyl halides is 4. The Balaban J connectivity index is 1.27. The predicted octanol–water partition coefficient (Wildman–Crippen LogP) is 4.43. The first-order valence-electron chi connectivity index (χ1n) is 36.3. The molecule has 99 heavy (non-hydrogen) atoms. The standard InChI is InChI=1S/C70H112ClF3N12O13/c1-13-42(4)56-66(97)79(8)43(5)61(92)86-36-30-51(86)64(95)80(9)52(38-45-23-16-14-17-24-45)63(94)78(7)40-54(88)75-49(29-27-46-26-28-47(48(71)37-46)70(72,73)74)62(93)85-35-22-25-50(85)59(90)77-69(31-18-19-32-69)68(99)83(12)57(41(2)3)67(98)81(10)53(65(96)84-33-20-15-21-34-84)39-55(89)82(11)58(44(6)87)60(91)76-56/h41-53,56-58,87H,13-40H2,1-12H3,(H,75,88)(H,76,91)(H,77,90)/t42-,43-,44+,46?,47?,48?,49-,50-,51-,52-,53-,56-,57-,58-/m0/s1. The third-order valence-electron chi connectivity index (χ3n) is 22.9. The fourth-order valence-electron chi connectivity index (χ4n) is 16.3. The highest BCUT2D eigenvalue weighted by atomic mass is 35.5. The van der Waals surface area contributed by atoms with E-state index in [0.29, 0.717) is 51.6 Å². The van der Waals surface area contributed by atoms with Crippen LogP contribution in [0.2, 0.25) is 0 Å². The van der Waals surface area contributed by atoms with Crippen molar-refractivity contribution >= 4 is 82.5 Å². The van der Waals surface area contributed by atoms with Crippen LogP contribution in [0.3, 0.4) is 0 Å². The molecular weight excluding hydrogens is 1310 g/mol. The van der Waals surface area contributed by atoms with E-state index in [1.54, 1.807) is 32.6 Å². The number of halogens is 4. The van der Waals surface area contributed by atoms with Crippen LogP contribution in [0.15, 0.2) is 0 Å². The Bertz CT molecular complexity index is 2930. The van der Waals surface area contributed by atoms with E-state index >= 15 is 19.2 Å². The lowest BCUT2D eigenvalue weighted by Crippen LogP contribution is -2.65. The van der Waals surface area contributed by atoms with E-state index in [4.69, 9.17) is 11.6 Å². The summed E-state index contributed by atoms with van der Waals surface area (Å²) in [5.74, 6) is -11.5. The molecule has 0 aromatic rings. The van der Waals surface area contributed by atoms with Crippen LogP contribution >= 0.6 is 11.6 Å². The Kier molecular flexibility index (Phi) is 27.9. The second kappa shape index (κ2) is 34.6. The first-order chi connectivity index (χ1) is 46.6. The fraction of sp³-hybridized carbons (Fsp3) is 0.829. The largest absolute Gasteiger partial charge is 0.393 e. The molecule has 4 aliphatic heterocycles. The minimum Gasteiger partial charge on any atom is -0.391 e. The van der Waals surface area contributed by atoms with Gasteiger partial charge in [0.15, 0.2) is 0 Å². The topological polar surface area (TPSA) is 290 Å². The van der Waals surface area contributed by atoms with Gasteiger partial charge in [0, 0.05) is 73.8 Å². The number of amides is 12. The number of likely N-dealkylation sites (N-methyl/N-ethyl adjacent to an activating group) is 6. The van der Waals surface area contributed by atoms with E-state index in [-0.39, 0.29) is 89.1 Å². The molecule has 0 radical (unpaired) electrons. The number of piperidine rings is 1. The van der Waals surface area contributed by atoms with Gasteiger partial charge in [-0.1, -0.05) is 79.1 Å². The number of rotatable bonds is 10. The van der Waals surface area contributed by atoms with E-state index < -0.39 is 179 Å². The second-order valence-corrected chi connectivity index (χ2v) is 30.7. The Morgan fingerprint density at radius 1 is 0.616 bits per heavy atom. The number of aliphatic hydroxyl groups is 1.